The van der Waals surface area contributed by atoms with Gasteiger partial charge in [0.15, 0.2) is 0 Å². The van der Waals surface area contributed by atoms with Gasteiger partial charge in [0.05, 0.1) is 5.69 Å². The zero-order chi connectivity index (χ0) is 17.0. The van der Waals surface area contributed by atoms with Crippen LogP contribution < -0.4 is 0 Å². The minimum absolute atomic E-state index is 0.677. The molecule has 5 aromatic rings. The number of aryl methyl sites for hydroxylation is 1. The van der Waals surface area contributed by atoms with Crippen molar-refractivity contribution in [2.45, 2.75) is 6.92 Å². The number of hydrogen-bond donors (Lipinski definition) is 0. The number of aromatic nitrogens is 7. The molecule has 0 radical (unpaired) electrons. The lowest BCUT2D eigenvalue weighted by atomic mass is 10.3. The quantitative estimate of drug-likeness (QED) is 0.443. The molecule has 9 heteroatoms. The zero-order valence-corrected chi connectivity index (χ0v) is 15.4. The number of rotatable bonds is 2. The molecule has 5 heterocycles. The second-order valence-corrected chi connectivity index (χ2v) is 7.36. The van der Waals surface area contributed by atoms with Gasteiger partial charge in [-0.3, -0.25) is 9.38 Å². The molecule has 122 valence electrons. The van der Waals surface area contributed by atoms with Gasteiger partial charge in [0.2, 0.25) is 10.8 Å². The summed E-state index contributed by atoms with van der Waals surface area (Å²) in [6, 6.07) is 7.88. The van der Waals surface area contributed by atoms with Crippen LogP contribution in [0.1, 0.15) is 5.69 Å². The Kier molecular flexibility index (Phi) is 3.19. The number of imidazole rings is 1. The van der Waals surface area contributed by atoms with Crippen LogP contribution in [0, 0.1) is 6.92 Å². The summed E-state index contributed by atoms with van der Waals surface area (Å²) in [6.07, 6.45) is 5.50. The summed E-state index contributed by atoms with van der Waals surface area (Å²) in [5, 5.41) is 14.2. The van der Waals surface area contributed by atoms with E-state index in [1.165, 1.54) is 11.3 Å². The molecule has 0 saturated carbocycles. The summed E-state index contributed by atoms with van der Waals surface area (Å²) >= 11 is 4.92. The van der Waals surface area contributed by atoms with Gasteiger partial charge in [-0.2, -0.15) is 9.61 Å². The first-order valence-electron chi connectivity index (χ1n) is 7.48. The van der Waals surface area contributed by atoms with E-state index in [0.717, 1.165) is 37.0 Å². The van der Waals surface area contributed by atoms with Crippen molar-refractivity contribution in [3.05, 3.63) is 53.0 Å². The molecule has 0 aliphatic carbocycles. The highest BCUT2D eigenvalue weighted by molar-refractivity contribution is 9.10. The summed E-state index contributed by atoms with van der Waals surface area (Å²) in [6.45, 7) is 1.97. The van der Waals surface area contributed by atoms with Crippen molar-refractivity contribution in [2.24, 2.45) is 0 Å². The van der Waals surface area contributed by atoms with Gasteiger partial charge in [0.25, 0.3) is 0 Å². The summed E-state index contributed by atoms with van der Waals surface area (Å²) in [5.41, 5.74) is 3.59. The average molecular weight is 412 g/mol. The summed E-state index contributed by atoms with van der Waals surface area (Å²) in [5.74, 6) is 0.677. The van der Waals surface area contributed by atoms with Gasteiger partial charge in [-0.15, -0.1) is 10.2 Å². The maximum absolute atomic E-state index is 4.70. The molecule has 0 spiro atoms. The molecule has 25 heavy (non-hydrogen) atoms. The van der Waals surface area contributed by atoms with Crippen molar-refractivity contribution in [3.63, 3.8) is 0 Å². The van der Waals surface area contributed by atoms with Crippen LogP contribution in [-0.4, -0.2) is 34.2 Å². The zero-order valence-electron chi connectivity index (χ0n) is 13.0. The Morgan fingerprint density at radius 1 is 1.16 bits per heavy atom. The lowest BCUT2D eigenvalue weighted by molar-refractivity contribution is 0.953. The SMILES string of the molecule is Cc1nc2ccccn2c1-c1nnc2sc(-c3cncc(Br)c3)nn12. The van der Waals surface area contributed by atoms with Gasteiger partial charge in [-0.25, -0.2) is 4.98 Å². The van der Waals surface area contributed by atoms with Gasteiger partial charge in [0, 0.05) is 28.6 Å². The van der Waals surface area contributed by atoms with Crippen LogP contribution in [0.4, 0.5) is 0 Å². The Bertz CT molecular complexity index is 1240. The highest BCUT2D eigenvalue weighted by Crippen LogP contribution is 2.30. The van der Waals surface area contributed by atoms with Gasteiger partial charge in [-0.05, 0) is 41.1 Å². The van der Waals surface area contributed by atoms with Crippen molar-refractivity contribution in [2.75, 3.05) is 0 Å². The van der Waals surface area contributed by atoms with E-state index in [1.807, 2.05) is 41.8 Å². The lowest BCUT2D eigenvalue weighted by Crippen LogP contribution is -1.96. The molecule has 0 unspecified atom stereocenters. The van der Waals surface area contributed by atoms with Crippen LogP contribution in [0.25, 0.3) is 32.7 Å². The van der Waals surface area contributed by atoms with Crippen LogP contribution in [0.2, 0.25) is 0 Å². The predicted octanol–water partition coefficient (Wildman–Crippen LogP) is 3.63. The minimum Gasteiger partial charge on any atom is -0.297 e. The topological polar surface area (TPSA) is 73.3 Å². The first-order valence-corrected chi connectivity index (χ1v) is 9.09. The average Bonchev–Trinajstić information content (AvgIpc) is 3.26. The van der Waals surface area contributed by atoms with Crippen LogP contribution >= 0.6 is 27.3 Å². The smallest absolute Gasteiger partial charge is 0.235 e. The van der Waals surface area contributed by atoms with Crippen LogP contribution in [0.15, 0.2) is 47.3 Å². The van der Waals surface area contributed by atoms with E-state index in [1.54, 1.807) is 16.9 Å². The third kappa shape index (κ3) is 2.27. The second-order valence-electron chi connectivity index (χ2n) is 5.49. The lowest BCUT2D eigenvalue weighted by Gasteiger charge is -1.99. The van der Waals surface area contributed by atoms with Crippen LogP contribution in [-0.2, 0) is 0 Å². The number of pyridine rings is 2. The Morgan fingerprint density at radius 2 is 2.08 bits per heavy atom. The van der Waals surface area contributed by atoms with E-state index >= 15 is 0 Å². The van der Waals surface area contributed by atoms with Crippen LogP contribution in [0.3, 0.4) is 0 Å². The molecule has 7 nitrogen and oxygen atoms in total. The summed E-state index contributed by atoms with van der Waals surface area (Å²) < 4.78 is 4.68. The van der Waals surface area contributed by atoms with Gasteiger partial charge < -0.3 is 0 Å². The Hall–Kier alpha value is -2.65. The Labute approximate surface area is 154 Å². The summed E-state index contributed by atoms with van der Waals surface area (Å²) in [4.78, 5) is 9.53. The first-order chi connectivity index (χ1) is 12.2. The third-order valence-corrected chi connectivity index (χ3v) is 5.24. The molecule has 0 aromatic carbocycles. The largest absolute Gasteiger partial charge is 0.297 e. The van der Waals surface area contributed by atoms with Crippen molar-refractivity contribution in [1.82, 2.24) is 34.2 Å². The molecule has 0 saturated heterocycles. The molecular weight excluding hydrogens is 402 g/mol. The Morgan fingerprint density at radius 3 is 2.96 bits per heavy atom. The number of nitrogens with zero attached hydrogens (tertiary/aromatic N) is 7. The molecule has 0 N–H and O–H groups in total. The van der Waals surface area contributed by atoms with E-state index in [2.05, 4.69) is 36.1 Å². The molecule has 0 fully saturated rings. The highest BCUT2D eigenvalue weighted by atomic mass is 79.9. The summed E-state index contributed by atoms with van der Waals surface area (Å²) in [7, 11) is 0. The van der Waals surface area contributed by atoms with E-state index < -0.39 is 0 Å². The van der Waals surface area contributed by atoms with Gasteiger partial charge in [-0.1, -0.05) is 17.4 Å². The predicted molar refractivity (Wildman–Crippen MR) is 98.5 cm³/mol. The second kappa shape index (κ2) is 5.43. The molecule has 0 aliphatic heterocycles. The molecule has 5 aromatic heterocycles. The van der Waals surface area contributed by atoms with Gasteiger partial charge >= 0.3 is 0 Å². The number of halogens is 1. The molecule has 0 amide bonds. The van der Waals surface area contributed by atoms with Gasteiger partial charge in [0.1, 0.15) is 16.3 Å². The minimum atomic E-state index is 0.677. The number of fused-ring (bicyclic) bond motifs is 2. The van der Waals surface area contributed by atoms with Crippen molar-refractivity contribution < 1.29 is 0 Å². The third-order valence-electron chi connectivity index (χ3n) is 3.86. The number of hydrogen-bond acceptors (Lipinski definition) is 6. The monoisotopic (exact) mass is 411 g/mol. The van der Waals surface area contributed by atoms with Crippen molar-refractivity contribution in [3.8, 4) is 22.1 Å². The molecule has 5 rings (SSSR count). The van der Waals surface area contributed by atoms with E-state index in [0.29, 0.717) is 5.82 Å². The molecular formula is C16H10BrN7S. The Balaban J connectivity index is 1.73. The molecule has 0 aliphatic rings. The van der Waals surface area contributed by atoms with E-state index in [-0.39, 0.29) is 0 Å². The van der Waals surface area contributed by atoms with Crippen molar-refractivity contribution in [1.29, 1.82) is 0 Å². The first kappa shape index (κ1) is 14.7. The van der Waals surface area contributed by atoms with E-state index in [9.17, 15) is 0 Å². The van der Waals surface area contributed by atoms with E-state index in [4.69, 9.17) is 5.10 Å². The molecule has 0 atom stereocenters. The highest BCUT2D eigenvalue weighted by Gasteiger charge is 2.20. The maximum atomic E-state index is 4.70. The normalized spacial score (nSPS) is 11.6. The fraction of sp³-hybridized carbons (Fsp3) is 0.0625. The molecule has 0 bridgehead atoms. The fourth-order valence-electron chi connectivity index (χ4n) is 2.79. The van der Waals surface area contributed by atoms with Crippen molar-refractivity contribution >= 4 is 37.9 Å². The maximum Gasteiger partial charge on any atom is 0.235 e. The van der Waals surface area contributed by atoms with Crippen LogP contribution in [0.5, 0.6) is 0 Å². The standard InChI is InChI=1S/C16H10BrN7S/c1-9-13(23-5-3-2-4-12(23)19-9)14-20-21-16-24(14)22-15(25-16)10-6-11(17)8-18-7-10/h2-8H,1H3. The fourth-order valence-corrected chi connectivity index (χ4v) is 3.98.